The minimum Gasteiger partial charge on any atom is -0.468 e. The summed E-state index contributed by atoms with van der Waals surface area (Å²) in [5.74, 6) is -0.361. The van der Waals surface area contributed by atoms with Gasteiger partial charge in [-0.3, -0.25) is 9.59 Å². The van der Waals surface area contributed by atoms with Crippen molar-refractivity contribution in [2.75, 3.05) is 7.11 Å². The van der Waals surface area contributed by atoms with Crippen LogP contribution in [-0.2, 0) is 21.8 Å². The average molecular weight is 307 g/mol. The summed E-state index contributed by atoms with van der Waals surface area (Å²) < 4.78 is 5.92. The number of benzene rings is 1. The van der Waals surface area contributed by atoms with Gasteiger partial charge in [0.15, 0.2) is 0 Å². The number of esters is 1. The fourth-order valence-corrected chi connectivity index (χ4v) is 2.37. The number of ether oxygens (including phenoxy) is 1. The molecule has 2 aromatic rings. The first-order chi connectivity index (χ1) is 10.1. The molecule has 1 aromatic heterocycles. The van der Waals surface area contributed by atoms with Crippen molar-refractivity contribution >= 4 is 23.6 Å². The fraction of sp³-hybridized carbons (Fsp3) is 0.250. The van der Waals surface area contributed by atoms with E-state index in [-0.39, 0.29) is 6.54 Å². The summed E-state index contributed by atoms with van der Waals surface area (Å²) in [6, 6.07) is 6.99. The van der Waals surface area contributed by atoms with Crippen molar-refractivity contribution < 1.29 is 14.3 Å². The number of methoxy groups -OCH3 is 1. The van der Waals surface area contributed by atoms with E-state index in [4.69, 9.17) is 5.73 Å². The first-order valence-electron chi connectivity index (χ1n) is 5.94. The molecule has 1 amide bonds. The maximum absolute atomic E-state index is 11.2. The van der Waals surface area contributed by atoms with Gasteiger partial charge in [-0.25, -0.2) is 4.68 Å². The lowest BCUT2D eigenvalue weighted by atomic mass is 10.1. The summed E-state index contributed by atoms with van der Waals surface area (Å²) >= 11 is 1.35. The van der Waals surface area contributed by atoms with Crippen LogP contribution in [0.3, 0.4) is 0 Å². The van der Waals surface area contributed by atoms with Gasteiger partial charge in [0.1, 0.15) is 6.54 Å². The molecular formula is C12H13N5O3S. The number of amides is 1. The molecule has 21 heavy (non-hydrogen) atoms. The molecule has 0 fully saturated rings. The van der Waals surface area contributed by atoms with E-state index in [9.17, 15) is 9.59 Å². The number of carbonyl (C=O) groups excluding carboxylic acids is 2. The van der Waals surface area contributed by atoms with E-state index in [2.05, 4.69) is 20.3 Å². The number of carbonyl (C=O) groups is 2. The highest BCUT2D eigenvalue weighted by molar-refractivity contribution is 7.98. The van der Waals surface area contributed by atoms with Gasteiger partial charge in [-0.2, -0.15) is 0 Å². The van der Waals surface area contributed by atoms with Crippen molar-refractivity contribution in [3.8, 4) is 0 Å². The minimum absolute atomic E-state index is 0.0485. The standard InChI is InChI=1S/C12H13N5O3S/c1-20-10(18)6-17-12(14-15-16-17)21-7-8-3-2-4-9(5-8)11(13)19/h2-5H,6-7H2,1H3,(H2,13,19). The van der Waals surface area contributed by atoms with Crippen molar-refractivity contribution in [3.63, 3.8) is 0 Å². The van der Waals surface area contributed by atoms with Gasteiger partial charge in [0.2, 0.25) is 11.1 Å². The van der Waals surface area contributed by atoms with Gasteiger partial charge >= 0.3 is 5.97 Å². The summed E-state index contributed by atoms with van der Waals surface area (Å²) in [6.45, 7) is -0.0485. The Balaban J connectivity index is 2.03. The fourth-order valence-electron chi connectivity index (χ4n) is 1.55. The Morgan fingerprint density at radius 3 is 2.95 bits per heavy atom. The van der Waals surface area contributed by atoms with Gasteiger partial charge in [0, 0.05) is 11.3 Å². The second kappa shape index (κ2) is 6.84. The molecule has 0 aliphatic rings. The first-order valence-corrected chi connectivity index (χ1v) is 6.93. The van der Waals surface area contributed by atoms with Crippen LogP contribution in [-0.4, -0.2) is 39.2 Å². The number of nitrogens with zero attached hydrogens (tertiary/aromatic N) is 4. The van der Waals surface area contributed by atoms with Crippen molar-refractivity contribution in [3.05, 3.63) is 35.4 Å². The van der Waals surface area contributed by atoms with Crippen LogP contribution in [0.15, 0.2) is 29.4 Å². The van der Waals surface area contributed by atoms with Crippen molar-refractivity contribution in [2.24, 2.45) is 5.73 Å². The molecule has 110 valence electrons. The lowest BCUT2D eigenvalue weighted by Gasteiger charge is -2.04. The van der Waals surface area contributed by atoms with E-state index in [1.54, 1.807) is 18.2 Å². The van der Waals surface area contributed by atoms with Gasteiger partial charge in [-0.05, 0) is 28.1 Å². The molecule has 0 bridgehead atoms. The van der Waals surface area contributed by atoms with Crippen LogP contribution in [0.4, 0.5) is 0 Å². The highest BCUT2D eigenvalue weighted by Crippen LogP contribution is 2.20. The summed E-state index contributed by atoms with van der Waals surface area (Å²) in [5.41, 5.74) is 6.59. The van der Waals surface area contributed by atoms with Crippen LogP contribution in [0.25, 0.3) is 0 Å². The molecule has 8 nitrogen and oxygen atoms in total. The van der Waals surface area contributed by atoms with Gasteiger partial charge in [-0.15, -0.1) is 5.10 Å². The molecule has 2 rings (SSSR count). The van der Waals surface area contributed by atoms with E-state index >= 15 is 0 Å². The lowest BCUT2D eigenvalue weighted by molar-refractivity contribution is -0.141. The van der Waals surface area contributed by atoms with Gasteiger partial charge in [0.05, 0.1) is 7.11 Å². The van der Waals surface area contributed by atoms with Crippen molar-refractivity contribution in [1.29, 1.82) is 0 Å². The molecule has 1 heterocycles. The summed E-state index contributed by atoms with van der Waals surface area (Å²) in [4.78, 5) is 22.3. The molecule has 0 aliphatic carbocycles. The number of thioether (sulfide) groups is 1. The molecule has 1 aromatic carbocycles. The average Bonchev–Trinajstić information content (AvgIpc) is 2.92. The van der Waals surface area contributed by atoms with Gasteiger partial charge in [-0.1, -0.05) is 23.9 Å². The molecule has 2 N–H and O–H groups in total. The third kappa shape index (κ3) is 4.02. The second-order valence-corrected chi connectivity index (χ2v) is 4.99. The smallest absolute Gasteiger partial charge is 0.327 e. The van der Waals surface area contributed by atoms with Gasteiger partial charge in [0.25, 0.3) is 0 Å². The largest absolute Gasteiger partial charge is 0.468 e. The lowest BCUT2D eigenvalue weighted by Crippen LogP contribution is -2.13. The normalized spacial score (nSPS) is 10.3. The Labute approximate surface area is 124 Å². The SMILES string of the molecule is COC(=O)Cn1nnnc1SCc1cccc(C(N)=O)c1. The summed E-state index contributed by atoms with van der Waals surface area (Å²) in [5, 5.41) is 11.6. The molecule has 0 saturated carbocycles. The van der Waals surface area contributed by atoms with Crippen LogP contribution in [0.1, 0.15) is 15.9 Å². The number of nitrogens with two attached hydrogens (primary N) is 1. The summed E-state index contributed by atoms with van der Waals surface area (Å²) in [7, 11) is 1.30. The predicted molar refractivity (Wildman–Crippen MR) is 74.4 cm³/mol. The number of rotatable bonds is 6. The first kappa shape index (κ1) is 15.0. The predicted octanol–water partition coefficient (Wildman–Crippen LogP) is 0.237. The minimum atomic E-state index is -0.475. The molecule has 0 saturated heterocycles. The summed E-state index contributed by atoms with van der Waals surface area (Å²) in [6.07, 6.45) is 0. The van der Waals surface area contributed by atoms with E-state index < -0.39 is 11.9 Å². The van der Waals surface area contributed by atoms with Crippen molar-refractivity contribution in [1.82, 2.24) is 20.2 Å². The molecule has 0 atom stereocenters. The van der Waals surface area contributed by atoms with Crippen molar-refractivity contribution in [2.45, 2.75) is 17.5 Å². The highest BCUT2D eigenvalue weighted by atomic mass is 32.2. The van der Waals surface area contributed by atoms with E-state index in [1.165, 1.54) is 23.6 Å². The molecule has 9 heteroatoms. The number of primary amides is 1. The monoisotopic (exact) mass is 307 g/mol. The Hall–Kier alpha value is -2.42. The van der Waals surface area contributed by atoms with E-state index in [1.807, 2.05) is 6.07 Å². The van der Waals surface area contributed by atoms with E-state index in [0.717, 1.165) is 5.56 Å². The maximum Gasteiger partial charge on any atom is 0.327 e. The zero-order valence-corrected chi connectivity index (χ0v) is 12.0. The van der Waals surface area contributed by atoms with Crippen LogP contribution in [0.5, 0.6) is 0 Å². The van der Waals surface area contributed by atoms with Gasteiger partial charge < -0.3 is 10.5 Å². The maximum atomic E-state index is 11.2. The zero-order chi connectivity index (χ0) is 15.2. The Bertz CT molecular complexity index is 658. The molecular weight excluding hydrogens is 294 g/mol. The Morgan fingerprint density at radius 1 is 1.43 bits per heavy atom. The van der Waals surface area contributed by atoms with Crippen LogP contribution in [0, 0.1) is 0 Å². The van der Waals surface area contributed by atoms with Crippen LogP contribution < -0.4 is 5.73 Å². The topological polar surface area (TPSA) is 113 Å². The molecule has 0 radical (unpaired) electrons. The van der Waals surface area contributed by atoms with Crippen LogP contribution >= 0.6 is 11.8 Å². The third-order valence-corrected chi connectivity index (χ3v) is 3.61. The quantitative estimate of drug-likeness (QED) is 0.600. The van der Waals surface area contributed by atoms with Crippen LogP contribution in [0.2, 0.25) is 0 Å². The number of aromatic nitrogens is 4. The number of hydrogen-bond donors (Lipinski definition) is 1. The molecule has 0 aliphatic heterocycles. The number of hydrogen-bond acceptors (Lipinski definition) is 7. The molecule has 0 unspecified atom stereocenters. The Kier molecular flexibility index (Phi) is 4.88. The zero-order valence-electron chi connectivity index (χ0n) is 11.2. The highest BCUT2D eigenvalue weighted by Gasteiger charge is 2.11. The Morgan fingerprint density at radius 2 is 2.24 bits per heavy atom. The molecule has 0 spiro atoms. The van der Waals surface area contributed by atoms with E-state index in [0.29, 0.717) is 16.5 Å². The number of tetrazole rings is 1. The third-order valence-electron chi connectivity index (χ3n) is 2.59. The second-order valence-electron chi connectivity index (χ2n) is 4.05.